The lowest BCUT2D eigenvalue weighted by atomic mass is 10.1. The molecule has 0 aliphatic carbocycles. The smallest absolute Gasteiger partial charge is 0.251 e. The minimum atomic E-state index is -0.211. The van der Waals surface area contributed by atoms with Crippen LogP contribution in [0.15, 0.2) is 51.9 Å². The van der Waals surface area contributed by atoms with Gasteiger partial charge in [-0.1, -0.05) is 34.1 Å². The average Bonchev–Trinajstić information content (AvgIpc) is 2.63. The van der Waals surface area contributed by atoms with E-state index in [0.717, 1.165) is 10.0 Å². The van der Waals surface area contributed by atoms with Crippen molar-refractivity contribution in [1.82, 2.24) is 16.0 Å². The van der Waals surface area contributed by atoms with Crippen molar-refractivity contribution in [1.29, 1.82) is 0 Å². The summed E-state index contributed by atoms with van der Waals surface area (Å²) < 4.78 is 14.2. The lowest BCUT2D eigenvalue weighted by Gasteiger charge is -2.13. The Hall–Kier alpha value is -1.68. The molecule has 0 aliphatic heterocycles. The van der Waals surface area contributed by atoms with Crippen molar-refractivity contribution in [2.75, 3.05) is 20.1 Å². The Morgan fingerprint density at radius 3 is 2.52 bits per heavy atom. The van der Waals surface area contributed by atoms with Crippen LogP contribution in [0.4, 0.5) is 4.39 Å². The number of rotatable bonds is 6. The summed E-state index contributed by atoms with van der Waals surface area (Å²) >= 11 is 3.35. The van der Waals surface area contributed by atoms with Crippen LogP contribution >= 0.6 is 39.9 Å². The number of aryl methyl sites for hydroxylation is 1. The number of aliphatic imine (C=N–C) groups is 1. The highest BCUT2D eigenvalue weighted by atomic mass is 127. The van der Waals surface area contributed by atoms with Gasteiger partial charge >= 0.3 is 0 Å². The lowest BCUT2D eigenvalue weighted by molar-refractivity contribution is 0.0954. The summed E-state index contributed by atoms with van der Waals surface area (Å²) in [6, 6.07) is 12.2. The third kappa shape index (κ3) is 7.84. The van der Waals surface area contributed by atoms with Crippen LogP contribution in [0.2, 0.25) is 0 Å². The summed E-state index contributed by atoms with van der Waals surface area (Å²) in [5, 5.41) is 9.13. The molecule has 146 valence electrons. The van der Waals surface area contributed by atoms with Gasteiger partial charge in [0.2, 0.25) is 0 Å². The first-order valence-electron chi connectivity index (χ1n) is 8.23. The molecule has 1 amide bonds. The molecule has 0 spiro atoms. The minimum absolute atomic E-state index is 0. The van der Waals surface area contributed by atoms with Crippen molar-refractivity contribution in [3.63, 3.8) is 0 Å². The maximum Gasteiger partial charge on any atom is 0.251 e. The van der Waals surface area contributed by atoms with Gasteiger partial charge in [-0.2, -0.15) is 0 Å². The van der Waals surface area contributed by atoms with E-state index in [1.807, 2.05) is 12.1 Å². The second kappa shape index (κ2) is 11.9. The number of halogens is 3. The summed E-state index contributed by atoms with van der Waals surface area (Å²) in [7, 11) is 1.67. The molecule has 3 N–H and O–H groups in total. The number of guanidine groups is 1. The zero-order valence-electron chi connectivity index (χ0n) is 15.2. The Morgan fingerprint density at radius 1 is 1.11 bits per heavy atom. The first kappa shape index (κ1) is 23.4. The van der Waals surface area contributed by atoms with Crippen LogP contribution in [0, 0.1) is 12.7 Å². The normalized spacial score (nSPS) is 10.7. The summed E-state index contributed by atoms with van der Waals surface area (Å²) in [5.74, 6) is 0.277. The third-order valence-corrected chi connectivity index (χ3v) is 4.19. The highest BCUT2D eigenvalue weighted by Gasteiger charge is 2.05. The van der Waals surface area contributed by atoms with E-state index in [1.165, 1.54) is 6.07 Å². The highest BCUT2D eigenvalue weighted by Crippen LogP contribution is 2.11. The van der Waals surface area contributed by atoms with Crippen LogP contribution in [0.1, 0.15) is 21.5 Å². The van der Waals surface area contributed by atoms with E-state index < -0.39 is 0 Å². The van der Waals surface area contributed by atoms with Crippen molar-refractivity contribution in [2.45, 2.75) is 13.5 Å². The fourth-order valence-electron chi connectivity index (χ4n) is 2.31. The predicted molar refractivity (Wildman–Crippen MR) is 121 cm³/mol. The zero-order chi connectivity index (χ0) is 18.9. The Balaban J connectivity index is 0.00000364. The van der Waals surface area contributed by atoms with Gasteiger partial charge in [-0.15, -0.1) is 24.0 Å². The van der Waals surface area contributed by atoms with E-state index in [2.05, 4.69) is 36.9 Å². The van der Waals surface area contributed by atoms with E-state index in [1.54, 1.807) is 38.2 Å². The number of hydrogen-bond donors (Lipinski definition) is 3. The van der Waals surface area contributed by atoms with Gasteiger partial charge in [0, 0.05) is 36.7 Å². The Morgan fingerprint density at radius 2 is 1.85 bits per heavy atom. The van der Waals surface area contributed by atoms with Crippen LogP contribution in [-0.2, 0) is 6.54 Å². The largest absolute Gasteiger partial charge is 0.355 e. The number of hydrogen-bond acceptors (Lipinski definition) is 2. The molecule has 0 fully saturated rings. The molecular formula is C19H23BrFIN4O. The molecule has 2 rings (SSSR count). The second-order valence-corrected chi connectivity index (χ2v) is 6.62. The molecule has 0 bridgehead atoms. The standard InChI is InChI=1S/C19H22BrFN4O.HI/c1-13-10-14(6-7-17(13)21)12-25-19(22-2)24-9-8-23-18(26)15-4-3-5-16(20)11-15;/h3-7,10-11H,8-9,12H2,1-2H3,(H,23,26)(H2,22,24,25);1H. The molecule has 0 heterocycles. The minimum Gasteiger partial charge on any atom is -0.355 e. The summed E-state index contributed by atoms with van der Waals surface area (Å²) in [6.07, 6.45) is 0. The molecule has 2 aromatic carbocycles. The SMILES string of the molecule is CN=C(NCCNC(=O)c1cccc(Br)c1)NCc1ccc(F)c(C)c1.I. The van der Waals surface area contributed by atoms with Gasteiger partial charge in [0.25, 0.3) is 5.91 Å². The zero-order valence-corrected chi connectivity index (χ0v) is 19.1. The average molecular weight is 549 g/mol. The monoisotopic (exact) mass is 548 g/mol. The van der Waals surface area contributed by atoms with Crippen LogP contribution in [0.3, 0.4) is 0 Å². The quantitative estimate of drug-likeness (QED) is 0.224. The number of benzene rings is 2. The van der Waals surface area contributed by atoms with Crippen molar-refractivity contribution >= 4 is 51.8 Å². The maximum atomic E-state index is 13.3. The molecule has 0 saturated heterocycles. The highest BCUT2D eigenvalue weighted by molar-refractivity contribution is 14.0. The fourth-order valence-corrected chi connectivity index (χ4v) is 2.71. The van der Waals surface area contributed by atoms with E-state index in [0.29, 0.717) is 36.7 Å². The van der Waals surface area contributed by atoms with E-state index in [4.69, 9.17) is 0 Å². The summed E-state index contributed by atoms with van der Waals surface area (Å²) in [4.78, 5) is 16.2. The van der Waals surface area contributed by atoms with E-state index in [-0.39, 0.29) is 35.7 Å². The molecule has 0 unspecified atom stereocenters. The summed E-state index contributed by atoms with van der Waals surface area (Å²) in [6.45, 7) is 3.26. The predicted octanol–water partition coefficient (Wildman–Crippen LogP) is 3.61. The molecule has 2 aromatic rings. The topological polar surface area (TPSA) is 65.5 Å². The molecule has 8 heteroatoms. The molecule has 0 aromatic heterocycles. The Bertz CT molecular complexity index is 801. The Kier molecular flexibility index (Phi) is 10.3. The maximum absolute atomic E-state index is 13.3. The van der Waals surface area contributed by atoms with Gasteiger partial charge in [0.1, 0.15) is 5.82 Å². The van der Waals surface area contributed by atoms with Crippen LogP contribution < -0.4 is 16.0 Å². The van der Waals surface area contributed by atoms with Gasteiger partial charge in [-0.3, -0.25) is 9.79 Å². The third-order valence-electron chi connectivity index (χ3n) is 3.70. The number of carbonyl (C=O) groups is 1. The molecule has 5 nitrogen and oxygen atoms in total. The van der Waals surface area contributed by atoms with Crippen molar-refractivity contribution < 1.29 is 9.18 Å². The molecule has 0 aliphatic rings. The summed E-state index contributed by atoms with van der Waals surface area (Å²) in [5.41, 5.74) is 2.19. The molecule has 0 saturated carbocycles. The molecule has 27 heavy (non-hydrogen) atoms. The van der Waals surface area contributed by atoms with Gasteiger partial charge in [-0.25, -0.2) is 4.39 Å². The molecular weight excluding hydrogens is 526 g/mol. The molecule has 0 radical (unpaired) electrons. The van der Waals surface area contributed by atoms with Gasteiger partial charge in [-0.05, 0) is 42.3 Å². The van der Waals surface area contributed by atoms with Crippen LogP contribution in [-0.4, -0.2) is 32.0 Å². The first-order valence-corrected chi connectivity index (χ1v) is 9.02. The Labute approximate surface area is 184 Å². The molecule has 0 atom stereocenters. The van der Waals surface area contributed by atoms with Gasteiger partial charge < -0.3 is 16.0 Å². The number of amides is 1. The first-order chi connectivity index (χ1) is 12.5. The fraction of sp³-hybridized carbons (Fsp3) is 0.263. The van der Waals surface area contributed by atoms with Gasteiger partial charge in [0.05, 0.1) is 0 Å². The number of carbonyl (C=O) groups excluding carboxylic acids is 1. The van der Waals surface area contributed by atoms with Crippen molar-refractivity contribution in [3.05, 3.63) is 69.4 Å². The van der Waals surface area contributed by atoms with E-state index >= 15 is 0 Å². The lowest BCUT2D eigenvalue weighted by Crippen LogP contribution is -2.41. The number of nitrogens with one attached hydrogen (secondary N) is 3. The number of nitrogens with zero attached hydrogens (tertiary/aromatic N) is 1. The van der Waals surface area contributed by atoms with E-state index in [9.17, 15) is 9.18 Å². The van der Waals surface area contributed by atoms with Crippen LogP contribution in [0.5, 0.6) is 0 Å². The van der Waals surface area contributed by atoms with Crippen LogP contribution in [0.25, 0.3) is 0 Å². The second-order valence-electron chi connectivity index (χ2n) is 5.70. The van der Waals surface area contributed by atoms with Gasteiger partial charge in [0.15, 0.2) is 5.96 Å². The van der Waals surface area contributed by atoms with Crippen molar-refractivity contribution in [3.8, 4) is 0 Å². The van der Waals surface area contributed by atoms with Crippen molar-refractivity contribution in [2.24, 2.45) is 4.99 Å².